The van der Waals surface area contributed by atoms with Gasteiger partial charge in [0.1, 0.15) is 5.75 Å². The van der Waals surface area contributed by atoms with Gasteiger partial charge in [0.15, 0.2) is 0 Å². The molecule has 1 fully saturated rings. The molecule has 3 aromatic rings. The number of nitrogens with one attached hydrogen (secondary N) is 1. The van der Waals surface area contributed by atoms with Gasteiger partial charge in [-0.25, -0.2) is 8.42 Å². The van der Waals surface area contributed by atoms with Gasteiger partial charge in [-0.1, -0.05) is 23.4 Å². The van der Waals surface area contributed by atoms with E-state index in [1.54, 1.807) is 27.0 Å². The number of ether oxygens (including phenoxy) is 1. The van der Waals surface area contributed by atoms with Crippen LogP contribution in [0.15, 0.2) is 39.8 Å². The van der Waals surface area contributed by atoms with Gasteiger partial charge in [0.2, 0.25) is 27.6 Å². The number of carbonyl (C=O) groups is 1. The Morgan fingerprint density at radius 1 is 1.33 bits per heavy atom. The van der Waals surface area contributed by atoms with Crippen molar-refractivity contribution in [2.75, 3.05) is 20.2 Å². The molecular weight excluding hydrogens is 464 g/mol. The molecular formula is C22H26N4O5S2. The first-order valence-corrected chi connectivity index (χ1v) is 12.9. The van der Waals surface area contributed by atoms with Gasteiger partial charge in [-0.2, -0.15) is 9.29 Å². The second-order valence-electron chi connectivity index (χ2n) is 7.90. The third kappa shape index (κ3) is 4.94. The number of thiophene rings is 1. The van der Waals surface area contributed by atoms with Gasteiger partial charge < -0.3 is 14.6 Å². The number of piperidine rings is 1. The van der Waals surface area contributed by atoms with Gasteiger partial charge in [-0.05, 0) is 31.9 Å². The summed E-state index contributed by atoms with van der Waals surface area (Å²) in [6.07, 6.45) is 1.26. The Hall–Kier alpha value is -2.76. The van der Waals surface area contributed by atoms with Crippen molar-refractivity contribution < 1.29 is 22.5 Å². The van der Waals surface area contributed by atoms with E-state index in [9.17, 15) is 13.2 Å². The summed E-state index contributed by atoms with van der Waals surface area (Å²) in [7, 11) is -2.17. The van der Waals surface area contributed by atoms with Crippen LogP contribution in [0.25, 0.3) is 10.7 Å². The largest absolute Gasteiger partial charge is 0.496 e. The number of methoxy groups -OCH3 is 1. The van der Waals surface area contributed by atoms with Gasteiger partial charge in [0.25, 0.3) is 0 Å². The van der Waals surface area contributed by atoms with Crippen LogP contribution in [0.5, 0.6) is 5.75 Å². The summed E-state index contributed by atoms with van der Waals surface area (Å²) in [5.41, 5.74) is 0.867. The van der Waals surface area contributed by atoms with E-state index in [0.717, 1.165) is 5.56 Å². The molecule has 3 heterocycles. The van der Waals surface area contributed by atoms with Crippen LogP contribution in [0.2, 0.25) is 0 Å². The maximum atomic E-state index is 13.4. The monoisotopic (exact) mass is 490 g/mol. The SMILES string of the molecule is COc1ccccc1CNC(=O)[C@H]1CCCN(S(=O)(=O)c2cc(-c3noc(C)n3)sc2C)C1. The highest BCUT2D eigenvalue weighted by molar-refractivity contribution is 7.89. The Bertz CT molecular complexity index is 1250. The van der Waals surface area contributed by atoms with E-state index in [1.165, 1.54) is 15.6 Å². The molecule has 1 N–H and O–H groups in total. The lowest BCUT2D eigenvalue weighted by Gasteiger charge is -2.31. The molecule has 9 nitrogen and oxygen atoms in total. The minimum absolute atomic E-state index is 0.145. The Morgan fingerprint density at radius 3 is 2.85 bits per heavy atom. The van der Waals surface area contributed by atoms with Crippen LogP contribution in [0, 0.1) is 19.8 Å². The number of para-hydroxylation sites is 1. The van der Waals surface area contributed by atoms with Crippen molar-refractivity contribution in [1.29, 1.82) is 0 Å². The van der Waals surface area contributed by atoms with E-state index in [4.69, 9.17) is 9.26 Å². The molecule has 1 amide bonds. The third-order valence-electron chi connectivity index (χ3n) is 5.64. The van der Waals surface area contributed by atoms with Gasteiger partial charge >= 0.3 is 0 Å². The molecule has 0 saturated carbocycles. The second-order valence-corrected chi connectivity index (χ2v) is 11.1. The van der Waals surface area contributed by atoms with Crippen LogP contribution in [-0.2, 0) is 21.4 Å². The van der Waals surface area contributed by atoms with Crippen LogP contribution >= 0.6 is 11.3 Å². The molecule has 1 atom stereocenters. The molecule has 0 bridgehead atoms. The van der Waals surface area contributed by atoms with Gasteiger partial charge in [0, 0.05) is 37.0 Å². The molecule has 0 spiro atoms. The molecule has 1 saturated heterocycles. The highest BCUT2D eigenvalue weighted by Crippen LogP contribution is 2.35. The molecule has 1 aliphatic rings. The number of nitrogens with zero attached hydrogens (tertiary/aromatic N) is 3. The Morgan fingerprint density at radius 2 is 2.12 bits per heavy atom. The number of hydrogen-bond donors (Lipinski definition) is 1. The lowest BCUT2D eigenvalue weighted by Crippen LogP contribution is -2.45. The lowest BCUT2D eigenvalue weighted by atomic mass is 9.98. The van der Waals surface area contributed by atoms with E-state index in [1.807, 2.05) is 24.3 Å². The highest BCUT2D eigenvalue weighted by atomic mass is 32.2. The van der Waals surface area contributed by atoms with Gasteiger partial charge in [-0.3, -0.25) is 4.79 Å². The maximum Gasteiger partial charge on any atom is 0.244 e. The molecule has 1 aromatic carbocycles. The molecule has 0 radical (unpaired) electrons. The van der Waals surface area contributed by atoms with E-state index < -0.39 is 15.9 Å². The van der Waals surface area contributed by atoms with Crippen LogP contribution in [0.3, 0.4) is 0 Å². The third-order valence-corrected chi connectivity index (χ3v) is 8.81. The fraction of sp³-hybridized carbons (Fsp3) is 0.409. The standard InChI is InChI=1S/C22H26N4O5S2/c1-14-20(11-19(32-14)21-24-15(2)31-25-21)33(28,29)26-10-6-8-17(13-26)22(27)23-12-16-7-4-5-9-18(16)30-3/h4-5,7,9,11,17H,6,8,10,12-13H2,1-3H3,(H,23,27)/t17-/m0/s1. The molecule has 1 aliphatic heterocycles. The fourth-order valence-corrected chi connectivity index (χ4v) is 6.93. The zero-order chi connectivity index (χ0) is 23.6. The predicted molar refractivity (Wildman–Crippen MR) is 123 cm³/mol. The average molecular weight is 491 g/mol. The lowest BCUT2D eigenvalue weighted by molar-refractivity contribution is -0.126. The van der Waals surface area contributed by atoms with Crippen LogP contribution < -0.4 is 10.1 Å². The minimum Gasteiger partial charge on any atom is -0.496 e. The average Bonchev–Trinajstić information content (AvgIpc) is 3.43. The number of sulfonamides is 1. The van der Waals surface area contributed by atoms with Crippen molar-refractivity contribution >= 4 is 27.3 Å². The van der Waals surface area contributed by atoms with Crippen molar-refractivity contribution in [2.45, 2.75) is 38.1 Å². The first kappa shape index (κ1) is 23.4. The van der Waals surface area contributed by atoms with E-state index >= 15 is 0 Å². The predicted octanol–water partition coefficient (Wildman–Crippen LogP) is 3.14. The quantitative estimate of drug-likeness (QED) is 0.541. The minimum atomic E-state index is -3.76. The summed E-state index contributed by atoms with van der Waals surface area (Å²) in [5.74, 6) is 0.909. The molecule has 4 rings (SSSR count). The number of benzene rings is 1. The number of aromatic nitrogens is 2. The molecule has 0 unspecified atom stereocenters. The normalized spacial score (nSPS) is 17.1. The zero-order valence-electron chi connectivity index (χ0n) is 18.7. The topological polar surface area (TPSA) is 115 Å². The first-order chi connectivity index (χ1) is 15.8. The smallest absolute Gasteiger partial charge is 0.244 e. The molecule has 176 valence electrons. The summed E-state index contributed by atoms with van der Waals surface area (Å²) in [6, 6.07) is 9.06. The second kappa shape index (κ2) is 9.62. The van der Waals surface area contributed by atoms with Crippen molar-refractivity contribution in [3.8, 4) is 16.5 Å². The molecule has 0 aliphatic carbocycles. The van der Waals surface area contributed by atoms with E-state index in [2.05, 4.69) is 15.5 Å². The number of amides is 1. The summed E-state index contributed by atoms with van der Waals surface area (Å²) >= 11 is 1.31. The van der Waals surface area contributed by atoms with E-state index in [-0.39, 0.29) is 17.3 Å². The van der Waals surface area contributed by atoms with Gasteiger partial charge in [-0.15, -0.1) is 11.3 Å². The summed E-state index contributed by atoms with van der Waals surface area (Å²) < 4.78 is 38.6. The summed E-state index contributed by atoms with van der Waals surface area (Å²) in [5, 5.41) is 6.81. The van der Waals surface area contributed by atoms with Crippen molar-refractivity contribution in [3.63, 3.8) is 0 Å². The van der Waals surface area contributed by atoms with Gasteiger partial charge in [0.05, 0.1) is 22.8 Å². The highest BCUT2D eigenvalue weighted by Gasteiger charge is 2.35. The Balaban J connectivity index is 1.46. The van der Waals surface area contributed by atoms with Crippen LogP contribution in [-0.4, -0.2) is 49.0 Å². The summed E-state index contributed by atoms with van der Waals surface area (Å²) in [4.78, 5) is 18.5. The number of hydrogen-bond acceptors (Lipinski definition) is 8. The Kier molecular flexibility index (Phi) is 6.82. The molecule has 11 heteroatoms. The van der Waals surface area contributed by atoms with Crippen LogP contribution in [0.1, 0.15) is 29.2 Å². The number of aryl methyl sites for hydroxylation is 2. The van der Waals surface area contributed by atoms with E-state index in [0.29, 0.717) is 53.2 Å². The van der Waals surface area contributed by atoms with Crippen molar-refractivity contribution in [2.24, 2.45) is 5.92 Å². The first-order valence-electron chi connectivity index (χ1n) is 10.6. The fourth-order valence-electron chi connectivity index (χ4n) is 3.92. The zero-order valence-corrected chi connectivity index (χ0v) is 20.3. The van der Waals surface area contributed by atoms with Crippen molar-refractivity contribution in [1.82, 2.24) is 19.8 Å². The van der Waals surface area contributed by atoms with Crippen molar-refractivity contribution in [3.05, 3.63) is 46.7 Å². The summed E-state index contributed by atoms with van der Waals surface area (Å²) in [6.45, 7) is 4.29. The molecule has 2 aromatic heterocycles. The Labute approximate surface area is 196 Å². The number of carbonyl (C=O) groups excluding carboxylic acids is 1. The molecule has 33 heavy (non-hydrogen) atoms. The van der Waals surface area contributed by atoms with Crippen LogP contribution in [0.4, 0.5) is 0 Å². The maximum absolute atomic E-state index is 13.4. The number of rotatable bonds is 7.